The number of hydrogen-bond donors (Lipinski definition) is 0. The second-order valence-electron chi connectivity index (χ2n) is 11.7. The van der Waals surface area contributed by atoms with E-state index in [-0.39, 0.29) is 29.7 Å². The van der Waals surface area contributed by atoms with Crippen molar-refractivity contribution in [2.24, 2.45) is 7.05 Å². The molecule has 236 valence electrons. The molecule has 2 fully saturated rings. The number of hydrogen-bond acceptors (Lipinski definition) is 8. The quantitative estimate of drug-likeness (QED) is 0.271. The molecule has 4 heterocycles. The lowest BCUT2D eigenvalue weighted by molar-refractivity contribution is 0.288. The summed E-state index contributed by atoms with van der Waals surface area (Å²) in [6.45, 7) is 10.2. The monoisotopic (exact) mass is 622 g/mol. The Labute approximate surface area is 264 Å². The highest BCUT2D eigenvalue weighted by Gasteiger charge is 2.28. The summed E-state index contributed by atoms with van der Waals surface area (Å²) in [5.74, 6) is 2.97. The van der Waals surface area contributed by atoms with Crippen LogP contribution in [0.4, 0.5) is 11.8 Å². The van der Waals surface area contributed by atoms with Gasteiger partial charge in [-0.05, 0) is 64.7 Å². The normalized spacial score (nSPS) is 16.2. The van der Waals surface area contributed by atoms with Crippen LogP contribution in [0.5, 0.6) is 11.5 Å². The Morgan fingerprint density at radius 2 is 1.48 bits per heavy atom. The van der Waals surface area contributed by atoms with E-state index in [9.17, 15) is 9.59 Å². The molecule has 6 rings (SSSR count). The first-order valence-electron chi connectivity index (χ1n) is 15.7. The largest absolute Gasteiger partial charge is 0.490 e. The van der Waals surface area contributed by atoms with Crippen LogP contribution in [-0.2, 0) is 7.05 Å². The summed E-state index contributed by atoms with van der Waals surface area (Å²) in [4.78, 5) is 41.8. The molecule has 2 aliphatic rings. The molecule has 0 N–H and O–H groups in total. The summed E-state index contributed by atoms with van der Waals surface area (Å²) in [6, 6.07) is 9.47. The van der Waals surface area contributed by atoms with Gasteiger partial charge >= 0.3 is 5.69 Å². The van der Waals surface area contributed by atoms with E-state index in [2.05, 4.69) is 9.80 Å². The van der Waals surface area contributed by atoms with Gasteiger partial charge in [-0.25, -0.2) is 9.78 Å². The highest BCUT2D eigenvalue weighted by Crippen LogP contribution is 2.38. The lowest BCUT2D eigenvalue weighted by Crippen LogP contribution is -2.45. The second kappa shape index (κ2) is 13.5. The first-order chi connectivity index (χ1) is 20.9. The highest BCUT2D eigenvalue weighted by molar-refractivity contribution is 5.93. The minimum absolute atomic E-state index is 0. The average molecular weight is 623 g/mol. The Balaban J connectivity index is 0.00000384. The molecule has 2 aliphatic heterocycles. The fourth-order valence-corrected chi connectivity index (χ4v) is 6.55. The van der Waals surface area contributed by atoms with E-state index in [1.807, 2.05) is 51.1 Å². The van der Waals surface area contributed by atoms with Gasteiger partial charge in [0.05, 0.1) is 29.6 Å². The van der Waals surface area contributed by atoms with Crippen LogP contribution in [0.1, 0.15) is 64.0 Å². The van der Waals surface area contributed by atoms with Crippen molar-refractivity contribution in [1.29, 1.82) is 0 Å². The third kappa shape index (κ3) is 5.96. The molecule has 0 bridgehead atoms. The Hall–Kier alpha value is -3.79. The number of anilines is 2. The number of ether oxygens (including phenoxy) is 2. The highest BCUT2D eigenvalue weighted by atomic mass is 35.5. The fraction of sp³-hybridized carbons (Fsp3) is 0.515. The summed E-state index contributed by atoms with van der Waals surface area (Å²) in [5.41, 5.74) is 2.02. The zero-order valence-electron chi connectivity index (χ0n) is 26.2. The summed E-state index contributed by atoms with van der Waals surface area (Å²) < 4.78 is 15.0. The van der Waals surface area contributed by atoms with Crippen molar-refractivity contribution in [2.45, 2.75) is 65.3 Å². The van der Waals surface area contributed by atoms with Crippen LogP contribution in [0.25, 0.3) is 21.8 Å². The van der Waals surface area contributed by atoms with Crippen molar-refractivity contribution >= 4 is 46.0 Å². The number of nitrogens with zero attached hydrogens (tertiary/aromatic N) is 6. The van der Waals surface area contributed by atoms with E-state index in [1.54, 1.807) is 11.6 Å². The number of aromatic nitrogens is 4. The zero-order chi connectivity index (χ0) is 30.1. The summed E-state index contributed by atoms with van der Waals surface area (Å²) in [5, 5.41) is 1.50. The number of benzene rings is 2. The molecule has 0 spiro atoms. The van der Waals surface area contributed by atoms with Gasteiger partial charge in [-0.3, -0.25) is 13.9 Å². The lowest BCUT2D eigenvalue weighted by Gasteiger charge is -2.34. The van der Waals surface area contributed by atoms with E-state index in [0.717, 1.165) is 54.2 Å². The predicted octanol–water partition coefficient (Wildman–Crippen LogP) is 5.39. The number of fused-ring (bicyclic) bond motifs is 2. The molecule has 44 heavy (non-hydrogen) atoms. The molecule has 2 aromatic carbocycles. The predicted molar refractivity (Wildman–Crippen MR) is 178 cm³/mol. The number of aryl methyl sites for hydroxylation is 2. The molecule has 10 nitrogen and oxygen atoms in total. The Bertz CT molecular complexity index is 1750. The Morgan fingerprint density at radius 1 is 0.818 bits per heavy atom. The van der Waals surface area contributed by atoms with E-state index in [4.69, 9.17) is 19.4 Å². The molecule has 0 unspecified atom stereocenters. The molecule has 0 aliphatic carbocycles. The fourth-order valence-electron chi connectivity index (χ4n) is 6.55. The van der Waals surface area contributed by atoms with Crippen molar-refractivity contribution in [1.82, 2.24) is 19.1 Å². The first kappa shape index (κ1) is 31.6. The third-order valence-corrected chi connectivity index (χ3v) is 8.80. The number of rotatable bonds is 7. The molecular weight excluding hydrogens is 580 g/mol. The maximum atomic E-state index is 13.6. The standard InChI is InChI=1S/C33H42N6O4.ClH/c1-5-42-28-20-24-26(21-29(28)43-6-2)34-32(38-15-9-7-8-10-16-38)35-30(24)37-17-13-23(14-18-37)39-31(40)25-19-22(3)11-12-27(25)36(4)33(39)41;/h11-12,19-21,23H,5-10,13-18H2,1-4H3;1H. The third-order valence-electron chi connectivity index (χ3n) is 8.80. The van der Waals surface area contributed by atoms with Gasteiger partial charge in [0.25, 0.3) is 5.56 Å². The van der Waals surface area contributed by atoms with Crippen LogP contribution in [-0.4, -0.2) is 58.5 Å². The van der Waals surface area contributed by atoms with E-state index in [1.165, 1.54) is 17.4 Å². The van der Waals surface area contributed by atoms with Crippen molar-refractivity contribution in [3.05, 3.63) is 56.7 Å². The smallest absolute Gasteiger partial charge is 0.331 e. The summed E-state index contributed by atoms with van der Waals surface area (Å²) in [6.07, 6.45) is 6.03. The van der Waals surface area contributed by atoms with Gasteiger partial charge in [0.15, 0.2) is 11.5 Å². The average Bonchev–Trinajstić information content (AvgIpc) is 3.30. The van der Waals surface area contributed by atoms with Gasteiger partial charge in [0.1, 0.15) is 5.82 Å². The molecule has 0 radical (unpaired) electrons. The van der Waals surface area contributed by atoms with Crippen molar-refractivity contribution in [3.63, 3.8) is 0 Å². The van der Waals surface area contributed by atoms with Gasteiger partial charge in [-0.15, -0.1) is 12.4 Å². The van der Waals surface area contributed by atoms with E-state index < -0.39 is 0 Å². The van der Waals surface area contributed by atoms with Gasteiger partial charge in [0, 0.05) is 50.7 Å². The number of piperidine rings is 1. The van der Waals surface area contributed by atoms with Crippen molar-refractivity contribution in [3.8, 4) is 11.5 Å². The summed E-state index contributed by atoms with van der Waals surface area (Å²) in [7, 11) is 1.74. The van der Waals surface area contributed by atoms with Gasteiger partial charge in [0.2, 0.25) is 5.95 Å². The van der Waals surface area contributed by atoms with E-state index in [0.29, 0.717) is 61.5 Å². The molecule has 0 amide bonds. The van der Waals surface area contributed by atoms with E-state index >= 15 is 0 Å². The van der Waals surface area contributed by atoms with Crippen LogP contribution < -0.4 is 30.5 Å². The van der Waals surface area contributed by atoms with Gasteiger partial charge < -0.3 is 19.3 Å². The Kier molecular flexibility index (Phi) is 9.68. The topological polar surface area (TPSA) is 94.7 Å². The first-order valence-corrected chi connectivity index (χ1v) is 15.7. The van der Waals surface area contributed by atoms with Crippen LogP contribution >= 0.6 is 12.4 Å². The van der Waals surface area contributed by atoms with Gasteiger partial charge in [-0.2, -0.15) is 4.98 Å². The molecule has 11 heteroatoms. The maximum Gasteiger partial charge on any atom is 0.331 e. The SMILES string of the molecule is CCOc1cc2nc(N3CCCCCC3)nc(N3CCC(n4c(=O)c5cc(C)ccc5n(C)c4=O)CC3)c2cc1OCC.Cl. The molecule has 0 atom stereocenters. The summed E-state index contributed by atoms with van der Waals surface area (Å²) >= 11 is 0. The van der Waals surface area contributed by atoms with Crippen molar-refractivity contribution in [2.75, 3.05) is 49.2 Å². The van der Waals surface area contributed by atoms with Crippen LogP contribution in [0.15, 0.2) is 39.9 Å². The van der Waals surface area contributed by atoms with Crippen molar-refractivity contribution < 1.29 is 9.47 Å². The molecule has 0 saturated carbocycles. The molecule has 2 saturated heterocycles. The minimum Gasteiger partial charge on any atom is -0.490 e. The van der Waals surface area contributed by atoms with Crippen LogP contribution in [0.3, 0.4) is 0 Å². The van der Waals surface area contributed by atoms with Crippen LogP contribution in [0.2, 0.25) is 0 Å². The maximum absolute atomic E-state index is 13.6. The molecule has 4 aromatic rings. The Morgan fingerprint density at radius 3 is 2.14 bits per heavy atom. The zero-order valence-corrected chi connectivity index (χ0v) is 27.0. The van der Waals surface area contributed by atoms with Crippen LogP contribution in [0, 0.1) is 6.92 Å². The molecular formula is C33H43ClN6O4. The second-order valence-corrected chi connectivity index (χ2v) is 11.7. The number of halogens is 1. The van der Waals surface area contributed by atoms with Gasteiger partial charge in [-0.1, -0.05) is 24.5 Å². The minimum atomic E-state index is -0.263. The lowest BCUT2D eigenvalue weighted by atomic mass is 10.0. The molecule has 2 aromatic heterocycles.